The van der Waals surface area contributed by atoms with Crippen molar-refractivity contribution >= 4 is 22.1 Å². The summed E-state index contributed by atoms with van der Waals surface area (Å²) >= 11 is 0. The lowest BCUT2D eigenvalue weighted by atomic mass is 9.99. The van der Waals surface area contributed by atoms with Gasteiger partial charge in [-0.1, -0.05) is 42.5 Å². The molecule has 2 N–H and O–H groups in total. The molecule has 180 valence electrons. The number of nitrogens with one attached hydrogen (secondary N) is 1. The molecule has 1 heterocycles. The summed E-state index contributed by atoms with van der Waals surface area (Å²) in [6.07, 6.45) is -0.856. The minimum Gasteiger partial charge on any atom is -0.465 e. The normalized spacial score (nSPS) is 17.2. The maximum atomic E-state index is 12.7. The van der Waals surface area contributed by atoms with Gasteiger partial charge < -0.3 is 24.2 Å². The number of carbonyl (C=O) groups excluding carboxylic acids is 1. The minimum absolute atomic E-state index is 0.0302. The van der Waals surface area contributed by atoms with Crippen LogP contribution < -0.4 is 9.50 Å². The molecule has 2 aromatic carbocycles. The second-order valence-electron chi connectivity index (χ2n) is 7.81. The van der Waals surface area contributed by atoms with Crippen LogP contribution in [0.4, 0.5) is 4.79 Å². The molecule has 10 nitrogen and oxygen atoms in total. The molecule has 0 spiro atoms. The smallest absolute Gasteiger partial charge is 0.407 e. The SMILES string of the molecule is CS(=O)(=O)Oc1cc(-c2ccccc2)ccc1C[C@@H](C#N)NC(=O)[C@@H]1CN(C(=O)O)CCCO1. The van der Waals surface area contributed by atoms with Gasteiger partial charge in [0.05, 0.1) is 18.9 Å². The Bertz CT molecular complexity index is 1180. The molecule has 0 bridgehead atoms. The third-order valence-electron chi connectivity index (χ3n) is 5.15. The fourth-order valence-corrected chi connectivity index (χ4v) is 4.03. The quantitative estimate of drug-likeness (QED) is 0.564. The monoisotopic (exact) mass is 487 g/mol. The van der Waals surface area contributed by atoms with Crippen LogP contribution in [0.5, 0.6) is 5.75 Å². The number of amides is 2. The Morgan fingerprint density at radius 3 is 2.65 bits per heavy atom. The van der Waals surface area contributed by atoms with Gasteiger partial charge in [-0.15, -0.1) is 0 Å². The van der Waals surface area contributed by atoms with E-state index in [4.69, 9.17) is 8.92 Å². The molecular formula is C23H25N3O7S. The molecule has 0 saturated carbocycles. The number of ether oxygens (including phenoxy) is 1. The Hall–Kier alpha value is -3.62. The van der Waals surface area contributed by atoms with Crippen molar-refractivity contribution in [1.29, 1.82) is 5.26 Å². The molecule has 3 rings (SSSR count). The summed E-state index contributed by atoms with van der Waals surface area (Å²) in [5.41, 5.74) is 1.98. The van der Waals surface area contributed by atoms with Gasteiger partial charge in [0.2, 0.25) is 0 Å². The number of benzene rings is 2. The zero-order valence-corrected chi connectivity index (χ0v) is 19.3. The molecule has 11 heteroatoms. The van der Waals surface area contributed by atoms with E-state index in [0.29, 0.717) is 12.0 Å². The molecule has 0 radical (unpaired) electrons. The highest BCUT2D eigenvalue weighted by Crippen LogP contribution is 2.29. The average Bonchev–Trinajstić information content (AvgIpc) is 3.06. The van der Waals surface area contributed by atoms with Gasteiger partial charge in [0.15, 0.2) is 6.10 Å². The summed E-state index contributed by atoms with van der Waals surface area (Å²) in [4.78, 5) is 25.1. The van der Waals surface area contributed by atoms with Gasteiger partial charge >= 0.3 is 16.2 Å². The number of nitriles is 1. The standard InChI is InChI=1S/C23H25N3O7S/c1-34(30,31)33-20-13-17(16-6-3-2-4-7-16)8-9-18(20)12-19(14-24)25-22(27)21-15-26(23(28)29)10-5-11-32-21/h2-4,6-9,13,19,21H,5,10-12,15H2,1H3,(H,25,27)(H,28,29)/t19-,21-/m0/s1. The average molecular weight is 488 g/mol. The van der Waals surface area contributed by atoms with Gasteiger partial charge in [-0.2, -0.15) is 13.7 Å². The van der Waals surface area contributed by atoms with Gasteiger partial charge in [-0.25, -0.2) is 4.79 Å². The Morgan fingerprint density at radius 2 is 2.00 bits per heavy atom. The highest BCUT2D eigenvalue weighted by Gasteiger charge is 2.29. The van der Waals surface area contributed by atoms with Crippen LogP contribution in [-0.4, -0.2) is 68.5 Å². The van der Waals surface area contributed by atoms with Crippen molar-refractivity contribution < 1.29 is 32.0 Å². The predicted molar refractivity (Wildman–Crippen MR) is 123 cm³/mol. The fraction of sp³-hybridized carbons (Fsp3) is 0.348. The van der Waals surface area contributed by atoms with Crippen LogP contribution in [0.15, 0.2) is 48.5 Å². The highest BCUT2D eigenvalue weighted by atomic mass is 32.2. The van der Waals surface area contributed by atoms with E-state index in [-0.39, 0.29) is 31.9 Å². The molecule has 2 amide bonds. The second kappa shape index (κ2) is 11.0. The van der Waals surface area contributed by atoms with Crippen LogP contribution in [-0.2, 0) is 26.1 Å². The number of carbonyl (C=O) groups is 2. The fourth-order valence-electron chi connectivity index (χ4n) is 3.55. The molecule has 0 unspecified atom stereocenters. The molecule has 1 aliphatic heterocycles. The van der Waals surface area contributed by atoms with E-state index in [1.165, 1.54) is 0 Å². The first-order valence-corrected chi connectivity index (χ1v) is 12.3. The van der Waals surface area contributed by atoms with E-state index < -0.39 is 34.3 Å². The van der Waals surface area contributed by atoms with Crippen molar-refractivity contribution in [3.63, 3.8) is 0 Å². The van der Waals surface area contributed by atoms with E-state index >= 15 is 0 Å². The van der Waals surface area contributed by atoms with Crippen molar-refractivity contribution in [2.24, 2.45) is 0 Å². The number of nitrogens with zero attached hydrogens (tertiary/aromatic N) is 2. The summed E-state index contributed by atoms with van der Waals surface area (Å²) < 4.78 is 34.3. The van der Waals surface area contributed by atoms with E-state index in [9.17, 15) is 28.4 Å². The second-order valence-corrected chi connectivity index (χ2v) is 9.39. The Morgan fingerprint density at radius 1 is 1.26 bits per heavy atom. The summed E-state index contributed by atoms with van der Waals surface area (Å²) in [6, 6.07) is 15.2. The predicted octanol–water partition coefficient (Wildman–Crippen LogP) is 2.01. The van der Waals surface area contributed by atoms with Crippen LogP contribution in [0.25, 0.3) is 11.1 Å². The van der Waals surface area contributed by atoms with Crippen LogP contribution in [0.1, 0.15) is 12.0 Å². The third-order valence-corrected chi connectivity index (χ3v) is 5.63. The molecule has 1 fully saturated rings. The lowest BCUT2D eigenvalue weighted by Crippen LogP contribution is -2.47. The van der Waals surface area contributed by atoms with Gasteiger partial charge in [0, 0.05) is 19.6 Å². The summed E-state index contributed by atoms with van der Waals surface area (Å²) in [5, 5.41) is 21.4. The number of rotatable bonds is 7. The first-order valence-electron chi connectivity index (χ1n) is 10.5. The Labute approximate surface area is 197 Å². The summed E-state index contributed by atoms with van der Waals surface area (Å²) in [6.45, 7) is 0.320. The van der Waals surface area contributed by atoms with Gasteiger partial charge in [-0.05, 0) is 29.2 Å². The van der Waals surface area contributed by atoms with Crippen molar-refractivity contribution in [3.05, 3.63) is 54.1 Å². The third kappa shape index (κ3) is 6.94. The molecule has 0 aromatic heterocycles. The van der Waals surface area contributed by atoms with Gasteiger partial charge in [0.1, 0.15) is 11.8 Å². The molecule has 1 saturated heterocycles. The topological polar surface area (TPSA) is 146 Å². The number of carboxylic acid groups (broad SMARTS) is 1. The maximum absolute atomic E-state index is 12.7. The molecule has 0 aliphatic carbocycles. The van der Waals surface area contributed by atoms with Gasteiger partial charge in [-0.3, -0.25) is 4.79 Å². The van der Waals surface area contributed by atoms with E-state index in [0.717, 1.165) is 22.3 Å². The van der Waals surface area contributed by atoms with Crippen LogP contribution in [0.2, 0.25) is 0 Å². The molecule has 2 atom stereocenters. The maximum Gasteiger partial charge on any atom is 0.407 e. The van der Waals surface area contributed by atoms with Crippen molar-refractivity contribution in [3.8, 4) is 22.9 Å². The lowest BCUT2D eigenvalue weighted by Gasteiger charge is -2.22. The number of hydrogen-bond donors (Lipinski definition) is 2. The zero-order valence-electron chi connectivity index (χ0n) is 18.5. The van der Waals surface area contributed by atoms with Crippen LogP contribution >= 0.6 is 0 Å². The molecule has 34 heavy (non-hydrogen) atoms. The van der Waals surface area contributed by atoms with E-state index in [2.05, 4.69) is 5.32 Å². The Kier molecular flexibility index (Phi) is 8.09. The number of hydrogen-bond acceptors (Lipinski definition) is 7. The largest absolute Gasteiger partial charge is 0.465 e. The highest BCUT2D eigenvalue weighted by molar-refractivity contribution is 7.86. The summed E-state index contributed by atoms with van der Waals surface area (Å²) in [5.74, 6) is -0.563. The van der Waals surface area contributed by atoms with Crippen LogP contribution in [0.3, 0.4) is 0 Å². The Balaban J connectivity index is 1.79. The molecule has 1 aliphatic rings. The first kappa shape index (κ1) is 25.0. The van der Waals surface area contributed by atoms with Crippen molar-refractivity contribution in [2.45, 2.75) is 25.0 Å². The zero-order chi connectivity index (χ0) is 24.7. The summed E-state index contributed by atoms with van der Waals surface area (Å²) in [7, 11) is -3.85. The van der Waals surface area contributed by atoms with Crippen LogP contribution in [0, 0.1) is 11.3 Å². The minimum atomic E-state index is -3.85. The van der Waals surface area contributed by atoms with Crippen molar-refractivity contribution in [1.82, 2.24) is 10.2 Å². The van der Waals surface area contributed by atoms with E-state index in [1.807, 2.05) is 36.4 Å². The lowest BCUT2D eigenvalue weighted by molar-refractivity contribution is -0.133. The van der Waals surface area contributed by atoms with E-state index in [1.54, 1.807) is 18.2 Å². The molecule has 2 aromatic rings. The first-order chi connectivity index (χ1) is 16.2. The molecular weight excluding hydrogens is 462 g/mol. The van der Waals surface area contributed by atoms with Crippen molar-refractivity contribution in [2.75, 3.05) is 26.0 Å². The van der Waals surface area contributed by atoms with Gasteiger partial charge in [0.25, 0.3) is 5.91 Å².